The van der Waals surface area contributed by atoms with E-state index in [4.69, 9.17) is 10.5 Å². The molecule has 0 aliphatic heterocycles. The minimum atomic E-state index is -0.354. The number of para-hydroxylation sites is 1. The van der Waals surface area contributed by atoms with Crippen molar-refractivity contribution in [2.24, 2.45) is 0 Å². The second-order valence-electron chi connectivity index (χ2n) is 6.49. The van der Waals surface area contributed by atoms with Crippen molar-refractivity contribution in [1.29, 1.82) is 0 Å². The zero-order valence-corrected chi connectivity index (χ0v) is 13.8. The summed E-state index contributed by atoms with van der Waals surface area (Å²) < 4.78 is 5.44. The summed E-state index contributed by atoms with van der Waals surface area (Å²) in [5, 5.41) is 0. The van der Waals surface area contributed by atoms with Crippen LogP contribution < -0.4 is 10.5 Å². The number of imidazole rings is 1. The number of hydrogen-bond acceptors (Lipinski definition) is 6. The highest BCUT2D eigenvalue weighted by molar-refractivity contribution is 5.96. The van der Waals surface area contributed by atoms with Crippen molar-refractivity contribution in [2.75, 3.05) is 12.3 Å². The van der Waals surface area contributed by atoms with Gasteiger partial charge in [0.1, 0.15) is 17.1 Å². The van der Waals surface area contributed by atoms with Gasteiger partial charge in [-0.2, -0.15) is 0 Å². The molecule has 3 N–H and O–H groups in total. The average Bonchev–Trinajstić information content (AvgIpc) is 2.98. The molecule has 1 aromatic carbocycles. The Balaban J connectivity index is 1.85. The number of ketones is 1. The summed E-state index contributed by atoms with van der Waals surface area (Å²) in [5.74, 6) is 1.19. The van der Waals surface area contributed by atoms with Crippen molar-refractivity contribution in [2.45, 2.75) is 26.2 Å². The number of ether oxygens (including phenoxy) is 1. The molecule has 0 saturated heterocycles. The maximum atomic E-state index is 12.3. The Morgan fingerprint density at radius 1 is 1.17 bits per heavy atom. The molecule has 0 amide bonds. The van der Waals surface area contributed by atoms with E-state index in [9.17, 15) is 4.79 Å². The highest BCUT2D eigenvalue weighted by Crippen LogP contribution is 2.23. The van der Waals surface area contributed by atoms with Crippen LogP contribution in [-0.4, -0.2) is 32.3 Å². The maximum Gasteiger partial charge on any atom is 0.237 e. The molecular weight excluding hydrogens is 306 g/mol. The average molecular weight is 325 g/mol. The lowest BCUT2D eigenvalue weighted by atomic mass is 9.96. The summed E-state index contributed by atoms with van der Waals surface area (Å²) in [6, 6.07) is 9.08. The van der Waals surface area contributed by atoms with Gasteiger partial charge in [0, 0.05) is 5.41 Å². The van der Waals surface area contributed by atoms with Crippen LogP contribution in [0.4, 0.5) is 5.82 Å². The molecule has 7 heteroatoms. The number of nitrogens with zero attached hydrogens (tertiary/aromatic N) is 3. The molecule has 2 heterocycles. The number of hydrogen-bond donors (Lipinski definition) is 2. The van der Waals surface area contributed by atoms with Gasteiger partial charge in [0.2, 0.25) is 11.6 Å². The predicted octanol–water partition coefficient (Wildman–Crippen LogP) is 2.49. The van der Waals surface area contributed by atoms with Crippen LogP contribution in [0.15, 0.2) is 30.3 Å². The lowest BCUT2D eigenvalue weighted by molar-refractivity contribution is 0.0911. The minimum Gasteiger partial charge on any atom is -0.485 e. The number of fused-ring (bicyclic) bond motifs is 1. The van der Waals surface area contributed by atoms with Crippen molar-refractivity contribution in [3.05, 3.63) is 42.0 Å². The summed E-state index contributed by atoms with van der Waals surface area (Å²) in [6.07, 6.45) is 0. The number of nitrogens with one attached hydrogen (secondary N) is 1. The Kier molecular flexibility index (Phi) is 3.92. The second-order valence-corrected chi connectivity index (χ2v) is 6.49. The van der Waals surface area contributed by atoms with Crippen molar-refractivity contribution < 1.29 is 9.53 Å². The predicted molar refractivity (Wildman–Crippen MR) is 91.1 cm³/mol. The fraction of sp³-hybridized carbons (Fsp3) is 0.294. The van der Waals surface area contributed by atoms with Gasteiger partial charge in [-0.3, -0.25) is 4.79 Å². The standard InChI is InChI=1S/C17H19N5O2/c1-17(2,3)16-19-12-13(18)20-14(21-15(12)22-16)11(23)9-24-10-7-5-4-6-8-10/h4-8H,9H2,1-3H3,(H3,18,19,20,21,22). The van der Waals surface area contributed by atoms with E-state index >= 15 is 0 Å². The number of rotatable bonds is 4. The molecule has 0 radical (unpaired) electrons. The number of aromatic nitrogens is 4. The summed E-state index contributed by atoms with van der Waals surface area (Å²) in [6.45, 7) is 5.90. The summed E-state index contributed by atoms with van der Waals surface area (Å²) in [5.41, 5.74) is 6.68. The monoisotopic (exact) mass is 325 g/mol. The quantitative estimate of drug-likeness (QED) is 0.714. The smallest absolute Gasteiger partial charge is 0.237 e. The molecule has 2 aromatic heterocycles. The lowest BCUT2D eigenvalue weighted by Crippen LogP contribution is -2.16. The topological polar surface area (TPSA) is 107 Å². The Labute approximate surface area is 139 Å². The van der Waals surface area contributed by atoms with Gasteiger partial charge in [-0.25, -0.2) is 15.0 Å². The molecule has 7 nitrogen and oxygen atoms in total. The van der Waals surface area contributed by atoms with Crippen molar-refractivity contribution in [1.82, 2.24) is 19.9 Å². The van der Waals surface area contributed by atoms with Crippen LogP contribution in [0, 0.1) is 0 Å². The number of Topliss-reactive ketones (excluding diaryl/α,β-unsaturated/α-hetero) is 1. The number of carbonyl (C=O) groups is 1. The highest BCUT2D eigenvalue weighted by atomic mass is 16.5. The third-order valence-corrected chi connectivity index (χ3v) is 3.45. The van der Waals surface area contributed by atoms with Crippen molar-refractivity contribution >= 4 is 22.8 Å². The molecule has 0 aliphatic rings. The molecule has 3 aromatic rings. The van der Waals surface area contributed by atoms with Crippen LogP contribution in [0.1, 0.15) is 37.2 Å². The zero-order chi connectivity index (χ0) is 17.3. The number of nitrogens with two attached hydrogens (primary N) is 1. The first kappa shape index (κ1) is 15.9. The highest BCUT2D eigenvalue weighted by Gasteiger charge is 2.22. The Morgan fingerprint density at radius 3 is 2.54 bits per heavy atom. The molecule has 24 heavy (non-hydrogen) atoms. The second kappa shape index (κ2) is 5.92. The Bertz CT molecular complexity index is 881. The van der Waals surface area contributed by atoms with Crippen molar-refractivity contribution in [3.8, 4) is 5.75 Å². The summed E-state index contributed by atoms with van der Waals surface area (Å²) >= 11 is 0. The number of nitrogen functional groups attached to an aromatic ring is 1. The third kappa shape index (κ3) is 3.19. The van der Waals surface area contributed by atoms with Crippen LogP contribution in [0.5, 0.6) is 5.75 Å². The maximum absolute atomic E-state index is 12.3. The Hall–Kier alpha value is -2.96. The number of benzene rings is 1. The van der Waals surface area contributed by atoms with Crippen LogP contribution in [0.2, 0.25) is 0 Å². The van der Waals surface area contributed by atoms with E-state index < -0.39 is 0 Å². The normalized spacial score (nSPS) is 11.6. The van der Waals surface area contributed by atoms with Crippen LogP contribution in [0.25, 0.3) is 11.2 Å². The van der Waals surface area contributed by atoms with Crippen LogP contribution in [0.3, 0.4) is 0 Å². The van der Waals surface area contributed by atoms with E-state index in [-0.39, 0.29) is 29.4 Å². The molecule has 0 aliphatic carbocycles. The molecule has 0 unspecified atom stereocenters. The fourth-order valence-electron chi connectivity index (χ4n) is 2.13. The molecule has 0 spiro atoms. The van der Waals surface area contributed by atoms with Gasteiger partial charge < -0.3 is 15.5 Å². The zero-order valence-electron chi connectivity index (χ0n) is 13.8. The summed E-state index contributed by atoms with van der Waals surface area (Å²) in [4.78, 5) is 28.1. The first-order chi connectivity index (χ1) is 11.3. The molecular formula is C17H19N5O2. The largest absolute Gasteiger partial charge is 0.485 e. The first-order valence-corrected chi connectivity index (χ1v) is 7.59. The van der Waals surface area contributed by atoms with Gasteiger partial charge in [-0.1, -0.05) is 39.0 Å². The third-order valence-electron chi connectivity index (χ3n) is 3.45. The van der Waals surface area contributed by atoms with Gasteiger partial charge in [-0.15, -0.1) is 0 Å². The van der Waals surface area contributed by atoms with Gasteiger partial charge in [0.15, 0.2) is 18.1 Å². The van der Waals surface area contributed by atoms with Gasteiger partial charge in [0.25, 0.3) is 0 Å². The summed E-state index contributed by atoms with van der Waals surface area (Å²) in [7, 11) is 0. The molecule has 0 bridgehead atoms. The van der Waals surface area contributed by atoms with E-state index in [0.29, 0.717) is 16.9 Å². The first-order valence-electron chi connectivity index (χ1n) is 7.59. The van der Waals surface area contributed by atoms with E-state index in [1.165, 1.54) is 0 Å². The molecule has 3 rings (SSSR count). The Morgan fingerprint density at radius 2 is 1.88 bits per heavy atom. The number of H-pyrrole nitrogens is 1. The van der Waals surface area contributed by atoms with Crippen LogP contribution >= 0.6 is 0 Å². The minimum absolute atomic E-state index is 0.00268. The van der Waals surface area contributed by atoms with E-state index in [2.05, 4.69) is 19.9 Å². The molecule has 0 saturated carbocycles. The van der Waals surface area contributed by atoms with Crippen LogP contribution in [-0.2, 0) is 5.41 Å². The van der Waals surface area contributed by atoms with E-state index in [1.807, 2.05) is 39.0 Å². The van der Waals surface area contributed by atoms with Gasteiger partial charge in [0.05, 0.1) is 0 Å². The molecule has 0 fully saturated rings. The van der Waals surface area contributed by atoms with Gasteiger partial charge >= 0.3 is 0 Å². The lowest BCUT2D eigenvalue weighted by Gasteiger charge is -2.13. The van der Waals surface area contributed by atoms with E-state index in [0.717, 1.165) is 5.82 Å². The van der Waals surface area contributed by atoms with Crippen molar-refractivity contribution in [3.63, 3.8) is 0 Å². The molecule has 124 valence electrons. The molecule has 0 atom stereocenters. The number of anilines is 1. The fourth-order valence-corrected chi connectivity index (χ4v) is 2.13. The van der Waals surface area contributed by atoms with E-state index in [1.54, 1.807) is 12.1 Å². The van der Waals surface area contributed by atoms with Gasteiger partial charge in [-0.05, 0) is 12.1 Å². The SMILES string of the molecule is CC(C)(C)c1nc2nc(C(=O)COc3ccccc3)nc(N)c2[nH]1. The number of carbonyl (C=O) groups excluding carboxylic acids is 1. The number of aromatic amines is 1.